The van der Waals surface area contributed by atoms with Crippen LogP contribution in [0.15, 0.2) is 103 Å². The molecule has 522 valence electrons. The zero-order valence-corrected chi connectivity index (χ0v) is 63.9. The summed E-state index contributed by atoms with van der Waals surface area (Å²) >= 11 is 3.59. The smallest absolute Gasteiger partial charge is 0.346 e. The van der Waals surface area contributed by atoms with E-state index >= 15 is 0 Å². The van der Waals surface area contributed by atoms with E-state index in [1.807, 2.05) is 17.4 Å². The number of nitrogens with zero attached hydrogens (tertiary/aromatic N) is 5. The molecule has 1 aliphatic carbocycles. The highest BCUT2D eigenvalue weighted by atomic mass is 32.1. The van der Waals surface area contributed by atoms with E-state index in [1.54, 1.807) is 17.4 Å². The van der Waals surface area contributed by atoms with Crippen molar-refractivity contribution in [1.82, 2.24) is 15.0 Å². The van der Waals surface area contributed by atoms with Gasteiger partial charge in [0.2, 0.25) is 0 Å². The Morgan fingerprint density at radius 3 is 1.68 bits per heavy atom. The largest absolute Gasteiger partial charge is 0.477 e. The van der Waals surface area contributed by atoms with Crippen LogP contribution in [0.1, 0.15) is 274 Å². The lowest BCUT2D eigenvalue weighted by Crippen LogP contribution is -2.56. The number of unbranched alkanes of at least 4 members (excludes halogenated alkanes) is 20. The van der Waals surface area contributed by atoms with Gasteiger partial charge in [0.05, 0.1) is 16.7 Å². The molecule has 4 aromatic heterocycles. The maximum Gasteiger partial charge on any atom is 0.346 e. The monoisotopic (exact) mass is 1380 g/mol. The van der Waals surface area contributed by atoms with Gasteiger partial charge < -0.3 is 10.0 Å². The van der Waals surface area contributed by atoms with E-state index in [-0.39, 0.29) is 5.57 Å². The molecule has 7 nitrogen and oxygen atoms in total. The number of thiophene rings is 2. The SMILES string of the molecule is CCCCCCCCCCCCc1ccc2c(c1)c1cc(CCCCCCCCCCCC)ccc1c1nc3c(-c4ccc5c(c4)C4CCCC4N5c4ccc(C)cc4)ncc(-c4cc5c(s4)-c4sc(/C=C(\C#N)C(=O)O)cc4[Si]5(CC(CC)CCCC)CC(CC)CCCC)c3nc21. The summed E-state index contributed by atoms with van der Waals surface area (Å²) in [5, 5.41) is 28.2. The Morgan fingerprint density at radius 1 is 0.596 bits per heavy atom. The summed E-state index contributed by atoms with van der Waals surface area (Å²) in [5.74, 6) is 0.398. The predicted molar refractivity (Wildman–Crippen MR) is 429 cm³/mol. The van der Waals surface area contributed by atoms with E-state index in [0.29, 0.717) is 23.8 Å². The van der Waals surface area contributed by atoms with Crippen LogP contribution in [0, 0.1) is 30.1 Å². The maximum atomic E-state index is 12.5. The zero-order valence-electron chi connectivity index (χ0n) is 61.3. The number of pyridine rings is 1. The first-order valence-corrected chi connectivity index (χ1v) is 43.7. The molecule has 0 bridgehead atoms. The maximum absolute atomic E-state index is 12.5. The van der Waals surface area contributed by atoms with Crippen molar-refractivity contribution in [2.75, 3.05) is 4.90 Å². The van der Waals surface area contributed by atoms with Gasteiger partial charge in [-0.25, -0.2) is 14.8 Å². The number of rotatable bonds is 39. The Hall–Kier alpha value is -6.51. The molecule has 6 heterocycles. The Labute approximate surface area is 602 Å². The second-order valence-corrected chi connectivity index (χ2v) is 36.6. The summed E-state index contributed by atoms with van der Waals surface area (Å²) in [4.78, 5) is 37.7. The van der Waals surface area contributed by atoms with Gasteiger partial charge in [-0.3, -0.25) is 4.98 Å². The molecule has 0 saturated heterocycles. The van der Waals surface area contributed by atoms with Crippen LogP contribution < -0.4 is 15.3 Å². The Bertz CT molecular complexity index is 4290. The van der Waals surface area contributed by atoms with Gasteiger partial charge in [0.15, 0.2) is 0 Å². The normalized spacial score (nSPS) is 17.1. The molecular weight excluding hydrogens is 1260 g/mol. The molecule has 0 spiro atoms. The van der Waals surface area contributed by atoms with E-state index in [4.69, 9.17) is 15.0 Å². The van der Waals surface area contributed by atoms with Crippen molar-refractivity contribution in [3.05, 3.63) is 130 Å². The molecule has 1 N–H and O–H groups in total. The molecule has 1 saturated carbocycles. The molecule has 1 fully saturated rings. The number of aromatic nitrogens is 3. The second kappa shape index (κ2) is 34.4. The lowest BCUT2D eigenvalue weighted by atomic mass is 9.93. The molecule has 9 aromatic rings. The van der Waals surface area contributed by atoms with Crippen molar-refractivity contribution < 1.29 is 9.90 Å². The topological polar surface area (TPSA) is 103 Å². The lowest BCUT2D eigenvalue weighted by molar-refractivity contribution is -0.132. The molecule has 0 amide bonds. The molecule has 4 unspecified atom stereocenters. The van der Waals surface area contributed by atoms with Crippen LogP contribution in [-0.4, -0.2) is 40.1 Å². The molecular formula is C89H113N5O2S2Si. The number of carboxylic acid groups (broad SMARTS) is 1. The molecule has 12 rings (SSSR count). The average molecular weight is 1380 g/mol. The molecule has 3 aliphatic rings. The van der Waals surface area contributed by atoms with Gasteiger partial charge in [-0.05, 0) is 150 Å². The van der Waals surface area contributed by atoms with Gasteiger partial charge in [0.1, 0.15) is 30.7 Å². The number of nitriles is 1. The fourth-order valence-electron chi connectivity index (χ4n) is 17.7. The molecule has 2 aliphatic heterocycles. The van der Waals surface area contributed by atoms with E-state index < -0.39 is 14.0 Å². The summed E-state index contributed by atoms with van der Waals surface area (Å²) in [6, 6.07) is 40.7. The van der Waals surface area contributed by atoms with Crippen LogP contribution in [-0.2, 0) is 17.6 Å². The predicted octanol–water partition coefficient (Wildman–Crippen LogP) is 25.9. The number of fused-ring (bicyclic) bond motifs is 13. The number of hydrogen-bond acceptors (Lipinski definition) is 8. The molecule has 10 heteroatoms. The molecule has 0 radical (unpaired) electrons. The summed E-state index contributed by atoms with van der Waals surface area (Å²) in [7, 11) is -2.57. The standard InChI is InChI=1S/C89H113N5O2S2Si/c1-8-14-18-20-22-24-26-28-30-32-37-64-43-48-71-73(51-64)74-52-65(38-33-31-29-27-25-23-21-19-15-9-2)44-49-72(74)84-83(71)92-85-76(58-91-82(86(85)93-84)66-45-50-78-75(54-66)70-39-34-40-77(70)94(78)68-46-41-61(7)42-47-68)79-56-81-88(98-79)87-80(55-69(97-87)53-67(57-90)89(95)96)99(81,59-62(12-5)35-16-10-3)60-63(13-6)36-17-11-4/h41-56,58,62-63,70,77H,8-40,59-60H2,1-7H3,(H,95,96)/b67-53+. The minimum absolute atomic E-state index is 0.216. The first-order valence-electron chi connectivity index (χ1n) is 39.7. The zero-order chi connectivity index (χ0) is 68.8. The number of aryl methyl sites for hydroxylation is 3. The molecule has 99 heavy (non-hydrogen) atoms. The van der Waals surface area contributed by atoms with Crippen LogP contribution in [0.2, 0.25) is 12.1 Å². The number of hydrogen-bond donors (Lipinski definition) is 1. The first-order chi connectivity index (χ1) is 48.5. The van der Waals surface area contributed by atoms with Crippen LogP contribution in [0.25, 0.3) is 81.1 Å². The van der Waals surface area contributed by atoms with E-state index in [0.717, 1.165) is 92.3 Å². The quantitative estimate of drug-likeness (QED) is 0.0102. The van der Waals surface area contributed by atoms with Crippen molar-refractivity contribution in [3.8, 4) is 37.5 Å². The molecule has 5 aromatic carbocycles. The van der Waals surface area contributed by atoms with E-state index in [9.17, 15) is 15.2 Å². The van der Waals surface area contributed by atoms with Crippen LogP contribution in [0.3, 0.4) is 0 Å². The van der Waals surface area contributed by atoms with Crippen molar-refractivity contribution in [2.24, 2.45) is 11.8 Å². The third-order valence-corrected chi connectivity index (χ3v) is 31.5. The number of aliphatic carboxylic acids is 1. The highest BCUT2D eigenvalue weighted by molar-refractivity contribution is 7.31. The summed E-state index contributed by atoms with van der Waals surface area (Å²) in [6.45, 7) is 16.2. The fourth-order valence-corrected chi connectivity index (χ4v) is 28.1. The van der Waals surface area contributed by atoms with Crippen molar-refractivity contribution in [3.63, 3.8) is 0 Å². The van der Waals surface area contributed by atoms with Crippen LogP contribution >= 0.6 is 22.7 Å². The third-order valence-electron chi connectivity index (χ3n) is 23.4. The van der Waals surface area contributed by atoms with Crippen LogP contribution in [0.4, 0.5) is 11.4 Å². The number of carbonyl (C=O) groups is 1. The van der Waals surface area contributed by atoms with Gasteiger partial charge in [0, 0.05) is 70.9 Å². The van der Waals surface area contributed by atoms with E-state index in [1.165, 1.54) is 256 Å². The minimum Gasteiger partial charge on any atom is -0.477 e. The van der Waals surface area contributed by atoms with Crippen molar-refractivity contribution >= 4 is 108 Å². The third kappa shape index (κ3) is 16.1. The minimum atomic E-state index is -2.57. The van der Waals surface area contributed by atoms with Gasteiger partial charge >= 0.3 is 5.97 Å². The second-order valence-electron chi connectivity index (χ2n) is 30.4. The van der Waals surface area contributed by atoms with E-state index in [2.05, 4.69) is 151 Å². The number of carboxylic acids is 1. The number of anilines is 2. The fraction of sp³-hybridized carbons (Fsp3) is 0.517. The summed E-state index contributed by atoms with van der Waals surface area (Å²) < 4.78 is 0. The van der Waals surface area contributed by atoms with Gasteiger partial charge in [-0.2, -0.15) is 5.26 Å². The molecule has 4 atom stereocenters. The highest BCUT2D eigenvalue weighted by Gasteiger charge is 2.50. The van der Waals surface area contributed by atoms with Crippen LogP contribution in [0.5, 0.6) is 0 Å². The Balaban J connectivity index is 1.03. The Morgan fingerprint density at radius 2 is 1.13 bits per heavy atom. The van der Waals surface area contributed by atoms with Gasteiger partial charge in [0.25, 0.3) is 0 Å². The number of benzene rings is 5. The highest BCUT2D eigenvalue weighted by Crippen LogP contribution is 2.54. The van der Waals surface area contributed by atoms with Gasteiger partial charge in [-0.15, -0.1) is 22.7 Å². The Kier molecular flexibility index (Phi) is 25.1. The van der Waals surface area contributed by atoms with Gasteiger partial charge in [-0.1, -0.05) is 275 Å². The van der Waals surface area contributed by atoms with Crippen molar-refractivity contribution in [2.45, 2.75) is 284 Å². The lowest BCUT2D eigenvalue weighted by Gasteiger charge is -2.35. The van der Waals surface area contributed by atoms with Crippen molar-refractivity contribution in [1.29, 1.82) is 5.26 Å². The first kappa shape index (κ1) is 72.3. The summed E-state index contributed by atoms with van der Waals surface area (Å²) in [5.41, 5.74) is 14.5. The summed E-state index contributed by atoms with van der Waals surface area (Å²) in [6.07, 6.45) is 45.6. The average Bonchev–Trinajstić information content (AvgIpc) is 1.58.